The Balaban J connectivity index is 2.22. The Hall–Kier alpha value is -0.120. The Labute approximate surface area is 139 Å². The van der Waals surface area contributed by atoms with Gasteiger partial charge in [-0.3, -0.25) is 0 Å². The molecular formula is C19H41N3. The van der Waals surface area contributed by atoms with E-state index in [2.05, 4.69) is 23.9 Å². The minimum Gasteiger partial charge on any atom is -0.330 e. The van der Waals surface area contributed by atoms with Gasteiger partial charge in [0, 0.05) is 6.04 Å². The maximum atomic E-state index is 5.58. The lowest BCUT2D eigenvalue weighted by atomic mass is 10.0. The van der Waals surface area contributed by atoms with Crippen molar-refractivity contribution in [1.82, 2.24) is 9.80 Å². The lowest BCUT2D eigenvalue weighted by Gasteiger charge is -2.29. The van der Waals surface area contributed by atoms with Crippen molar-refractivity contribution in [1.29, 1.82) is 0 Å². The van der Waals surface area contributed by atoms with Gasteiger partial charge in [0.25, 0.3) is 0 Å². The molecule has 0 spiro atoms. The third-order valence-corrected chi connectivity index (χ3v) is 5.24. The standard InChI is InChI=1S/C19H41N3/c1-21(16-11-15-20)17-12-18-22(2)19-13-9-7-5-3-4-6-8-10-14-19/h19H,3-18,20H2,1-2H3. The Bertz CT molecular complexity index is 233. The Morgan fingerprint density at radius 2 is 1.23 bits per heavy atom. The van der Waals surface area contributed by atoms with E-state index in [4.69, 9.17) is 5.73 Å². The molecule has 0 bridgehead atoms. The van der Waals surface area contributed by atoms with Crippen LogP contribution < -0.4 is 5.73 Å². The van der Waals surface area contributed by atoms with Crippen LogP contribution in [0.3, 0.4) is 0 Å². The van der Waals surface area contributed by atoms with Crippen LogP contribution in [-0.2, 0) is 0 Å². The van der Waals surface area contributed by atoms with Crippen molar-refractivity contribution in [3.63, 3.8) is 0 Å². The minimum atomic E-state index is 0.812. The summed E-state index contributed by atoms with van der Waals surface area (Å²) in [5.41, 5.74) is 5.58. The van der Waals surface area contributed by atoms with E-state index in [1.165, 1.54) is 83.7 Å². The average molecular weight is 312 g/mol. The summed E-state index contributed by atoms with van der Waals surface area (Å²) in [6.07, 6.45) is 16.9. The van der Waals surface area contributed by atoms with Crippen molar-refractivity contribution >= 4 is 0 Å². The zero-order valence-electron chi connectivity index (χ0n) is 15.4. The zero-order chi connectivity index (χ0) is 16.0. The van der Waals surface area contributed by atoms with Crippen LogP contribution in [-0.4, -0.2) is 56.1 Å². The number of nitrogens with two attached hydrogens (primary N) is 1. The summed E-state index contributed by atoms with van der Waals surface area (Å²) in [7, 11) is 4.58. The van der Waals surface area contributed by atoms with E-state index in [1.807, 2.05) is 0 Å². The van der Waals surface area contributed by atoms with Gasteiger partial charge in [-0.2, -0.15) is 0 Å². The quantitative estimate of drug-likeness (QED) is 0.738. The summed E-state index contributed by atoms with van der Waals surface area (Å²) < 4.78 is 0. The number of rotatable bonds is 8. The highest BCUT2D eigenvalue weighted by molar-refractivity contribution is 4.71. The topological polar surface area (TPSA) is 32.5 Å². The molecule has 3 nitrogen and oxygen atoms in total. The molecule has 0 heterocycles. The van der Waals surface area contributed by atoms with Crippen molar-refractivity contribution in [2.45, 2.75) is 83.1 Å². The second-order valence-corrected chi connectivity index (χ2v) is 7.34. The summed E-state index contributed by atoms with van der Waals surface area (Å²) in [6, 6.07) is 0.826. The first-order valence-electron chi connectivity index (χ1n) is 9.83. The maximum absolute atomic E-state index is 5.58. The number of hydrogen-bond acceptors (Lipinski definition) is 3. The van der Waals surface area contributed by atoms with E-state index in [1.54, 1.807) is 0 Å². The first-order chi connectivity index (χ1) is 10.7. The Morgan fingerprint density at radius 1 is 0.727 bits per heavy atom. The van der Waals surface area contributed by atoms with Gasteiger partial charge in [0.15, 0.2) is 0 Å². The van der Waals surface area contributed by atoms with Crippen molar-refractivity contribution in [3.05, 3.63) is 0 Å². The van der Waals surface area contributed by atoms with Crippen LogP contribution in [0.15, 0.2) is 0 Å². The summed E-state index contributed by atoms with van der Waals surface area (Å²) in [5, 5.41) is 0. The first kappa shape index (κ1) is 19.9. The molecule has 1 aliphatic rings. The molecule has 132 valence electrons. The first-order valence-corrected chi connectivity index (χ1v) is 9.83. The van der Waals surface area contributed by atoms with Crippen LogP contribution in [0.2, 0.25) is 0 Å². The molecule has 0 atom stereocenters. The third kappa shape index (κ3) is 9.81. The van der Waals surface area contributed by atoms with Crippen molar-refractivity contribution < 1.29 is 0 Å². The second kappa shape index (κ2) is 13.3. The van der Waals surface area contributed by atoms with Gasteiger partial charge in [-0.15, -0.1) is 0 Å². The van der Waals surface area contributed by atoms with Crippen molar-refractivity contribution in [2.75, 3.05) is 40.3 Å². The molecule has 1 saturated carbocycles. The van der Waals surface area contributed by atoms with E-state index in [9.17, 15) is 0 Å². The molecule has 0 radical (unpaired) electrons. The molecule has 0 saturated heterocycles. The van der Waals surface area contributed by atoms with E-state index >= 15 is 0 Å². The summed E-state index contributed by atoms with van der Waals surface area (Å²) >= 11 is 0. The average Bonchev–Trinajstić information content (AvgIpc) is 2.58. The fourth-order valence-corrected chi connectivity index (χ4v) is 3.65. The van der Waals surface area contributed by atoms with E-state index in [0.717, 1.165) is 25.6 Å². The molecule has 0 amide bonds. The lowest BCUT2D eigenvalue weighted by Crippen LogP contribution is -2.34. The van der Waals surface area contributed by atoms with Crippen LogP contribution >= 0.6 is 0 Å². The van der Waals surface area contributed by atoms with Crippen molar-refractivity contribution in [2.24, 2.45) is 5.73 Å². The molecule has 2 N–H and O–H groups in total. The van der Waals surface area contributed by atoms with E-state index < -0.39 is 0 Å². The van der Waals surface area contributed by atoms with Crippen LogP contribution in [0.5, 0.6) is 0 Å². The second-order valence-electron chi connectivity index (χ2n) is 7.34. The smallest absolute Gasteiger partial charge is 0.00922 e. The summed E-state index contributed by atoms with van der Waals surface area (Å²) in [5.74, 6) is 0. The van der Waals surface area contributed by atoms with Crippen molar-refractivity contribution in [3.8, 4) is 0 Å². The molecule has 1 rings (SSSR count). The SMILES string of the molecule is CN(CCCN)CCCN(C)C1CCCCCCCCCC1. The Kier molecular flexibility index (Phi) is 12.1. The van der Waals surface area contributed by atoms with Gasteiger partial charge in [0.2, 0.25) is 0 Å². The third-order valence-electron chi connectivity index (χ3n) is 5.24. The molecule has 22 heavy (non-hydrogen) atoms. The highest BCUT2D eigenvalue weighted by Gasteiger charge is 2.14. The van der Waals surface area contributed by atoms with Gasteiger partial charge in [0.05, 0.1) is 0 Å². The summed E-state index contributed by atoms with van der Waals surface area (Å²) in [6.45, 7) is 4.41. The van der Waals surface area contributed by atoms with Gasteiger partial charge >= 0.3 is 0 Å². The van der Waals surface area contributed by atoms with Crippen LogP contribution in [0.1, 0.15) is 77.0 Å². The maximum Gasteiger partial charge on any atom is 0.00922 e. The zero-order valence-corrected chi connectivity index (χ0v) is 15.4. The van der Waals surface area contributed by atoms with Gasteiger partial charge in [-0.1, -0.05) is 51.4 Å². The van der Waals surface area contributed by atoms with E-state index in [-0.39, 0.29) is 0 Å². The molecular weight excluding hydrogens is 270 g/mol. The molecule has 0 aliphatic heterocycles. The highest BCUT2D eigenvalue weighted by atomic mass is 15.1. The van der Waals surface area contributed by atoms with Gasteiger partial charge < -0.3 is 15.5 Å². The van der Waals surface area contributed by atoms with E-state index in [0.29, 0.717) is 0 Å². The number of hydrogen-bond donors (Lipinski definition) is 1. The molecule has 0 aromatic heterocycles. The molecule has 0 aromatic carbocycles. The van der Waals surface area contributed by atoms with Crippen LogP contribution in [0.25, 0.3) is 0 Å². The number of nitrogens with zero attached hydrogens (tertiary/aromatic N) is 2. The fourth-order valence-electron chi connectivity index (χ4n) is 3.65. The van der Waals surface area contributed by atoms with Gasteiger partial charge in [0.1, 0.15) is 0 Å². The van der Waals surface area contributed by atoms with Crippen LogP contribution in [0, 0.1) is 0 Å². The lowest BCUT2D eigenvalue weighted by molar-refractivity contribution is 0.197. The molecule has 3 heteroatoms. The molecule has 0 aromatic rings. The molecule has 0 unspecified atom stereocenters. The predicted octanol–water partition coefficient (Wildman–Crippen LogP) is 3.87. The molecule has 1 fully saturated rings. The normalized spacial score (nSPS) is 19.5. The monoisotopic (exact) mass is 311 g/mol. The van der Waals surface area contributed by atoms with Gasteiger partial charge in [-0.25, -0.2) is 0 Å². The minimum absolute atomic E-state index is 0.812. The fraction of sp³-hybridized carbons (Fsp3) is 1.00. The largest absolute Gasteiger partial charge is 0.330 e. The predicted molar refractivity (Wildman–Crippen MR) is 98.4 cm³/mol. The Morgan fingerprint density at radius 3 is 1.77 bits per heavy atom. The molecule has 1 aliphatic carbocycles. The highest BCUT2D eigenvalue weighted by Crippen LogP contribution is 2.20. The van der Waals surface area contributed by atoms with Gasteiger partial charge in [-0.05, 0) is 66.0 Å². The van der Waals surface area contributed by atoms with Crippen LogP contribution in [0.4, 0.5) is 0 Å². The summed E-state index contributed by atoms with van der Waals surface area (Å²) in [4.78, 5) is 5.08.